The van der Waals surface area contributed by atoms with Crippen molar-refractivity contribution in [3.8, 4) is 5.75 Å². The van der Waals surface area contributed by atoms with Crippen molar-refractivity contribution in [3.63, 3.8) is 0 Å². The molecule has 2 N–H and O–H groups in total. The fourth-order valence-electron chi connectivity index (χ4n) is 3.38. The van der Waals surface area contributed by atoms with Crippen LogP contribution in [0.15, 0.2) is 23.2 Å². The molecule has 1 aromatic carbocycles. The Kier molecular flexibility index (Phi) is 10.9. The zero-order chi connectivity index (χ0) is 21.5. The zero-order valence-electron chi connectivity index (χ0n) is 19.0. The van der Waals surface area contributed by atoms with E-state index < -0.39 is 9.84 Å². The summed E-state index contributed by atoms with van der Waals surface area (Å²) in [6.07, 6.45) is 6.96. The van der Waals surface area contributed by atoms with Gasteiger partial charge in [-0.1, -0.05) is 26.0 Å². The van der Waals surface area contributed by atoms with Crippen LogP contribution in [0.4, 0.5) is 0 Å². The maximum Gasteiger partial charge on any atom is 0.191 e. The molecular formula is C22H38IN3O3S. The number of guanidine groups is 1. The first-order chi connectivity index (χ1) is 13.6. The van der Waals surface area contributed by atoms with E-state index in [1.807, 2.05) is 0 Å². The van der Waals surface area contributed by atoms with E-state index in [0.29, 0.717) is 31.6 Å². The lowest BCUT2D eigenvalue weighted by Crippen LogP contribution is -2.42. The Labute approximate surface area is 199 Å². The molecule has 6 nitrogen and oxygen atoms in total. The second-order valence-corrected chi connectivity index (χ2v) is 11.2. The van der Waals surface area contributed by atoms with Crippen LogP contribution in [0.3, 0.4) is 0 Å². The quantitative estimate of drug-likeness (QED) is 0.275. The Hall–Kier alpha value is -1.03. The molecule has 0 spiro atoms. The summed E-state index contributed by atoms with van der Waals surface area (Å²) in [5.74, 6) is 1.84. The Morgan fingerprint density at radius 3 is 2.50 bits per heavy atom. The summed E-state index contributed by atoms with van der Waals surface area (Å²) in [5, 5.41) is 6.68. The highest BCUT2D eigenvalue weighted by Crippen LogP contribution is 2.27. The SMILES string of the molecule is CN=C(NCc1ccc(C)cc1OC1CCCC1)NCC(C)(C)CCS(C)(=O)=O.I. The van der Waals surface area contributed by atoms with Gasteiger partial charge in [-0.3, -0.25) is 4.99 Å². The number of benzene rings is 1. The predicted molar refractivity (Wildman–Crippen MR) is 136 cm³/mol. The van der Waals surface area contributed by atoms with Crippen molar-refractivity contribution in [3.05, 3.63) is 29.3 Å². The average Bonchev–Trinajstić information content (AvgIpc) is 3.14. The van der Waals surface area contributed by atoms with Crippen molar-refractivity contribution in [2.45, 2.75) is 65.5 Å². The minimum atomic E-state index is -2.95. The molecule has 1 saturated carbocycles. The molecule has 0 saturated heterocycles. The molecule has 30 heavy (non-hydrogen) atoms. The van der Waals surface area contributed by atoms with Gasteiger partial charge in [-0.15, -0.1) is 24.0 Å². The molecule has 1 aliphatic rings. The van der Waals surface area contributed by atoms with Crippen LogP contribution in [-0.2, 0) is 16.4 Å². The highest BCUT2D eigenvalue weighted by molar-refractivity contribution is 14.0. The average molecular weight is 552 g/mol. The van der Waals surface area contributed by atoms with Crippen LogP contribution in [-0.4, -0.2) is 46.1 Å². The van der Waals surface area contributed by atoms with Crippen LogP contribution < -0.4 is 15.4 Å². The molecule has 1 aromatic rings. The number of aryl methyl sites for hydroxylation is 1. The Morgan fingerprint density at radius 1 is 1.23 bits per heavy atom. The van der Waals surface area contributed by atoms with E-state index in [2.05, 4.69) is 54.6 Å². The van der Waals surface area contributed by atoms with Crippen LogP contribution in [0.2, 0.25) is 0 Å². The molecule has 0 bridgehead atoms. The Bertz CT molecular complexity index is 804. The largest absolute Gasteiger partial charge is 0.490 e. The number of rotatable bonds is 9. The van der Waals surface area contributed by atoms with E-state index in [0.717, 1.165) is 24.2 Å². The van der Waals surface area contributed by atoms with Crippen molar-refractivity contribution in [1.29, 1.82) is 0 Å². The minimum absolute atomic E-state index is 0. The topological polar surface area (TPSA) is 79.8 Å². The molecule has 1 aliphatic carbocycles. The summed E-state index contributed by atoms with van der Waals surface area (Å²) in [7, 11) is -1.21. The molecule has 0 unspecified atom stereocenters. The number of ether oxygens (including phenoxy) is 1. The summed E-state index contributed by atoms with van der Waals surface area (Å²) in [5.41, 5.74) is 2.15. The lowest BCUT2D eigenvalue weighted by atomic mass is 9.90. The van der Waals surface area contributed by atoms with Crippen LogP contribution in [0.25, 0.3) is 0 Å². The first-order valence-corrected chi connectivity index (χ1v) is 12.5. The summed E-state index contributed by atoms with van der Waals surface area (Å²) in [4.78, 5) is 4.30. The number of hydrogen-bond donors (Lipinski definition) is 2. The van der Waals surface area contributed by atoms with Gasteiger partial charge in [0.1, 0.15) is 15.6 Å². The second kappa shape index (κ2) is 12.1. The molecule has 0 aromatic heterocycles. The molecule has 1 fully saturated rings. The van der Waals surface area contributed by atoms with Gasteiger partial charge in [0.05, 0.1) is 11.9 Å². The van der Waals surface area contributed by atoms with Gasteiger partial charge >= 0.3 is 0 Å². The number of aliphatic imine (C=N–C) groups is 1. The number of hydrogen-bond acceptors (Lipinski definition) is 4. The minimum Gasteiger partial charge on any atom is -0.490 e. The van der Waals surface area contributed by atoms with Crippen LogP contribution in [0.1, 0.15) is 57.1 Å². The number of nitrogens with one attached hydrogen (secondary N) is 2. The van der Waals surface area contributed by atoms with Gasteiger partial charge in [0.25, 0.3) is 0 Å². The van der Waals surface area contributed by atoms with E-state index in [1.54, 1.807) is 7.05 Å². The summed E-state index contributed by atoms with van der Waals surface area (Å²) in [6, 6.07) is 6.32. The van der Waals surface area contributed by atoms with Crippen molar-refractivity contribution in [2.75, 3.05) is 25.6 Å². The fraction of sp³-hybridized carbons (Fsp3) is 0.682. The molecular weight excluding hydrogens is 513 g/mol. The van der Waals surface area contributed by atoms with Gasteiger partial charge in [0.15, 0.2) is 5.96 Å². The summed E-state index contributed by atoms with van der Waals surface area (Å²) in [6.45, 7) is 7.46. The molecule has 8 heteroatoms. The zero-order valence-corrected chi connectivity index (χ0v) is 22.1. The molecule has 0 amide bonds. The van der Waals surface area contributed by atoms with E-state index in [-0.39, 0.29) is 35.1 Å². The maximum atomic E-state index is 11.4. The van der Waals surface area contributed by atoms with E-state index in [1.165, 1.54) is 24.7 Å². The van der Waals surface area contributed by atoms with Gasteiger partial charge in [0.2, 0.25) is 0 Å². The van der Waals surface area contributed by atoms with E-state index in [4.69, 9.17) is 4.74 Å². The van der Waals surface area contributed by atoms with Crippen molar-refractivity contribution in [1.82, 2.24) is 10.6 Å². The fourth-order valence-corrected chi connectivity index (χ4v) is 4.30. The first-order valence-electron chi connectivity index (χ1n) is 10.5. The standard InChI is InChI=1S/C22H37N3O3S.HI/c1-17-10-11-18(20(14-17)28-19-8-6-7-9-19)15-24-21(23-4)25-16-22(2,3)12-13-29(5,26)27;/h10-11,14,19H,6-9,12-13,15-16H2,1-5H3,(H2,23,24,25);1H. The highest BCUT2D eigenvalue weighted by Gasteiger charge is 2.21. The predicted octanol–water partition coefficient (Wildman–Crippen LogP) is 4.06. The van der Waals surface area contributed by atoms with Gasteiger partial charge in [-0.05, 0) is 56.1 Å². The molecule has 0 radical (unpaired) electrons. The number of sulfone groups is 1. The Morgan fingerprint density at radius 2 is 1.90 bits per heavy atom. The Balaban J connectivity index is 0.00000450. The molecule has 0 aliphatic heterocycles. The smallest absolute Gasteiger partial charge is 0.191 e. The number of nitrogens with zero attached hydrogens (tertiary/aromatic N) is 1. The third-order valence-electron chi connectivity index (χ3n) is 5.37. The second-order valence-electron chi connectivity index (χ2n) is 8.96. The highest BCUT2D eigenvalue weighted by atomic mass is 127. The van der Waals surface area contributed by atoms with E-state index >= 15 is 0 Å². The summed E-state index contributed by atoms with van der Waals surface area (Å²) < 4.78 is 29.2. The van der Waals surface area contributed by atoms with E-state index in [9.17, 15) is 8.42 Å². The van der Waals surface area contributed by atoms with Gasteiger partial charge in [-0.25, -0.2) is 8.42 Å². The van der Waals surface area contributed by atoms with Crippen molar-refractivity contribution < 1.29 is 13.2 Å². The molecule has 0 heterocycles. The third kappa shape index (κ3) is 9.85. The first kappa shape index (κ1) is 27.0. The summed E-state index contributed by atoms with van der Waals surface area (Å²) >= 11 is 0. The maximum absolute atomic E-state index is 11.4. The molecule has 172 valence electrons. The van der Waals surface area contributed by atoms with Crippen LogP contribution in [0.5, 0.6) is 5.75 Å². The van der Waals surface area contributed by atoms with Crippen LogP contribution >= 0.6 is 24.0 Å². The number of halogens is 1. The molecule has 0 atom stereocenters. The van der Waals surface area contributed by atoms with Crippen molar-refractivity contribution >= 4 is 39.8 Å². The van der Waals surface area contributed by atoms with Gasteiger partial charge < -0.3 is 15.4 Å². The van der Waals surface area contributed by atoms with Crippen molar-refractivity contribution in [2.24, 2.45) is 10.4 Å². The lowest BCUT2D eigenvalue weighted by Gasteiger charge is -2.26. The van der Waals surface area contributed by atoms with Gasteiger partial charge in [0, 0.05) is 32.0 Å². The lowest BCUT2D eigenvalue weighted by molar-refractivity contribution is 0.207. The molecule has 2 rings (SSSR count). The van der Waals surface area contributed by atoms with Crippen LogP contribution in [0, 0.1) is 12.3 Å². The normalized spacial score (nSPS) is 15.6. The third-order valence-corrected chi connectivity index (χ3v) is 6.32. The van der Waals surface area contributed by atoms with Gasteiger partial charge in [-0.2, -0.15) is 0 Å². The monoisotopic (exact) mass is 551 g/mol.